The first-order valence-corrected chi connectivity index (χ1v) is 16.9. The summed E-state index contributed by atoms with van der Waals surface area (Å²) in [6.07, 6.45) is 10.3. The second kappa shape index (κ2) is 10.6. The molecule has 1 aromatic heterocycles. The molecule has 0 unspecified atom stereocenters. The standard InChI is InChI=1S/C30H45N3O7S/c1-17(16-39-28(36)33-41(37,38)21-14-31-27(32-15-21)40-20-4-5-20)22-6-7-23-26-24(9-11-30(22,23)3)29(2)10-8-19(34)12-18(29)13-25(26)35/h14-15,17-20,22-26,34-35H,4-13,16H2,1-3H3,(H,33,36)/t17-,18+,19-,22-,23+,24+,25-,26+,29+,30-/m1/s1. The van der Waals surface area contributed by atoms with Crippen molar-refractivity contribution >= 4 is 16.1 Å². The lowest BCUT2D eigenvalue weighted by Crippen LogP contribution is -2.58. The topological polar surface area (TPSA) is 148 Å². The number of rotatable bonds is 7. The van der Waals surface area contributed by atoms with E-state index in [1.807, 2.05) is 4.72 Å². The third-order valence-electron chi connectivity index (χ3n) is 11.8. The van der Waals surface area contributed by atoms with Gasteiger partial charge in [0.05, 0.1) is 31.2 Å². The molecule has 10 atom stereocenters. The summed E-state index contributed by atoms with van der Waals surface area (Å²) in [6.45, 7) is 6.96. The quantitative estimate of drug-likeness (QED) is 0.427. The number of hydrogen-bond donors (Lipinski definition) is 3. The van der Waals surface area contributed by atoms with Crippen LogP contribution in [-0.4, -0.2) is 59.6 Å². The smallest absolute Gasteiger partial charge is 0.421 e. The Morgan fingerprint density at radius 3 is 2.41 bits per heavy atom. The van der Waals surface area contributed by atoms with Crippen LogP contribution in [0, 0.1) is 46.3 Å². The van der Waals surface area contributed by atoms with Gasteiger partial charge in [-0.3, -0.25) is 0 Å². The molecule has 0 aromatic carbocycles. The van der Waals surface area contributed by atoms with Crippen LogP contribution in [0.25, 0.3) is 0 Å². The monoisotopic (exact) mass is 591 g/mol. The van der Waals surface area contributed by atoms with Crippen molar-refractivity contribution < 1.29 is 32.9 Å². The molecule has 0 radical (unpaired) electrons. The average Bonchev–Trinajstić information content (AvgIpc) is 3.66. The molecule has 0 bridgehead atoms. The molecule has 1 heterocycles. The van der Waals surface area contributed by atoms with E-state index in [1.165, 1.54) is 0 Å². The molecule has 1 amide bonds. The lowest BCUT2D eigenvalue weighted by molar-refractivity contribution is -0.174. The van der Waals surface area contributed by atoms with Crippen LogP contribution in [0.3, 0.4) is 0 Å². The fraction of sp³-hybridized carbons (Fsp3) is 0.833. The van der Waals surface area contributed by atoms with Gasteiger partial charge in [-0.25, -0.2) is 27.9 Å². The summed E-state index contributed by atoms with van der Waals surface area (Å²) >= 11 is 0. The Morgan fingerprint density at radius 1 is 1.02 bits per heavy atom. The van der Waals surface area contributed by atoms with Gasteiger partial charge in [0.1, 0.15) is 11.0 Å². The Balaban J connectivity index is 1.06. The highest BCUT2D eigenvalue weighted by atomic mass is 32.2. The Bertz CT molecular complexity index is 1240. The lowest BCUT2D eigenvalue weighted by Gasteiger charge is -2.62. The van der Waals surface area contributed by atoms with E-state index in [2.05, 4.69) is 30.7 Å². The number of aliphatic hydroxyl groups is 2. The first-order valence-electron chi connectivity index (χ1n) is 15.4. The SMILES string of the molecule is C[C@H](COC(=O)NS(=O)(=O)c1cnc(OC2CC2)nc1)[C@H]1CC[C@H]2[C@@H]3[C@H](O)C[C@@H]4C[C@H](O)CC[C@]4(C)[C@H]3CC[C@]12C. The first kappa shape index (κ1) is 29.1. The number of hydrogen-bond acceptors (Lipinski definition) is 9. The average molecular weight is 592 g/mol. The zero-order valence-corrected chi connectivity index (χ0v) is 25.2. The Morgan fingerprint density at radius 2 is 1.71 bits per heavy atom. The molecule has 0 spiro atoms. The molecule has 11 heteroatoms. The van der Waals surface area contributed by atoms with Crippen LogP contribution in [0.2, 0.25) is 0 Å². The normalized spacial score (nSPS) is 41.0. The van der Waals surface area contributed by atoms with Crippen LogP contribution in [-0.2, 0) is 14.8 Å². The number of nitrogens with zero attached hydrogens (tertiary/aromatic N) is 2. The summed E-state index contributed by atoms with van der Waals surface area (Å²) in [5.74, 6) is 1.89. The van der Waals surface area contributed by atoms with Gasteiger partial charge < -0.3 is 19.7 Å². The van der Waals surface area contributed by atoms with Crippen LogP contribution >= 0.6 is 0 Å². The van der Waals surface area contributed by atoms with Gasteiger partial charge in [0.2, 0.25) is 0 Å². The van der Waals surface area contributed by atoms with Crippen molar-refractivity contribution in [3.8, 4) is 6.01 Å². The molecule has 228 valence electrons. The molecule has 1 aromatic rings. The van der Waals surface area contributed by atoms with E-state index >= 15 is 0 Å². The van der Waals surface area contributed by atoms with E-state index in [0.717, 1.165) is 76.6 Å². The van der Waals surface area contributed by atoms with Crippen LogP contribution in [0.5, 0.6) is 6.01 Å². The maximum atomic E-state index is 12.7. The minimum absolute atomic E-state index is 0.0342. The van der Waals surface area contributed by atoms with Gasteiger partial charge in [0, 0.05) is 0 Å². The number of aromatic nitrogens is 2. The summed E-state index contributed by atoms with van der Waals surface area (Å²) in [5, 5.41) is 21.7. The van der Waals surface area contributed by atoms with Gasteiger partial charge >= 0.3 is 12.1 Å². The molecular weight excluding hydrogens is 546 g/mol. The maximum Gasteiger partial charge on any atom is 0.421 e. The Kier molecular flexibility index (Phi) is 7.55. The molecule has 41 heavy (non-hydrogen) atoms. The minimum Gasteiger partial charge on any atom is -0.460 e. The third kappa shape index (κ3) is 5.35. The van der Waals surface area contributed by atoms with Gasteiger partial charge in [-0.1, -0.05) is 20.8 Å². The fourth-order valence-electron chi connectivity index (χ4n) is 9.54. The number of fused-ring (bicyclic) bond motifs is 5. The third-order valence-corrected chi connectivity index (χ3v) is 13.1. The molecule has 10 nitrogen and oxygen atoms in total. The second-order valence-corrected chi connectivity index (χ2v) is 15.8. The molecule has 5 aliphatic rings. The van der Waals surface area contributed by atoms with Gasteiger partial charge in [0.15, 0.2) is 0 Å². The summed E-state index contributed by atoms with van der Waals surface area (Å²) in [7, 11) is -4.17. The summed E-state index contributed by atoms with van der Waals surface area (Å²) in [5.41, 5.74) is 0.211. The van der Waals surface area contributed by atoms with E-state index in [4.69, 9.17) is 9.47 Å². The lowest BCUT2D eigenvalue weighted by atomic mass is 9.43. The summed E-state index contributed by atoms with van der Waals surface area (Å²) in [6, 6.07) is 0.118. The molecule has 5 fully saturated rings. The van der Waals surface area contributed by atoms with Crippen molar-refractivity contribution in [2.24, 2.45) is 46.3 Å². The molecule has 0 aliphatic heterocycles. The Labute approximate surface area is 243 Å². The predicted octanol–water partition coefficient (Wildman–Crippen LogP) is 4.06. The number of nitrogens with one attached hydrogen (secondary N) is 1. The van der Waals surface area contributed by atoms with Crippen LogP contribution in [0.15, 0.2) is 17.3 Å². The number of ether oxygens (including phenoxy) is 2. The number of amides is 1. The van der Waals surface area contributed by atoms with E-state index in [1.54, 1.807) is 0 Å². The number of aliphatic hydroxyl groups excluding tert-OH is 2. The highest BCUT2D eigenvalue weighted by molar-refractivity contribution is 7.90. The van der Waals surface area contributed by atoms with Crippen molar-refractivity contribution in [2.75, 3.05) is 6.61 Å². The molecule has 5 aliphatic carbocycles. The second-order valence-electron chi connectivity index (χ2n) is 14.2. The van der Waals surface area contributed by atoms with Gasteiger partial charge in [0.25, 0.3) is 10.0 Å². The van der Waals surface area contributed by atoms with E-state index in [9.17, 15) is 23.4 Å². The number of carbonyl (C=O) groups excluding carboxylic acids is 1. The molecule has 0 saturated heterocycles. The molecule has 5 saturated carbocycles. The first-order chi connectivity index (χ1) is 19.4. The van der Waals surface area contributed by atoms with Crippen molar-refractivity contribution in [3.63, 3.8) is 0 Å². The highest BCUT2D eigenvalue weighted by Gasteiger charge is 2.63. The number of sulfonamides is 1. The van der Waals surface area contributed by atoms with Crippen LogP contribution < -0.4 is 9.46 Å². The zero-order chi connectivity index (χ0) is 29.2. The molecular formula is C30H45N3O7S. The van der Waals surface area contributed by atoms with Gasteiger partial charge in [-0.15, -0.1) is 0 Å². The number of carbonyl (C=O) groups is 1. The fourth-order valence-corrected chi connectivity index (χ4v) is 10.3. The summed E-state index contributed by atoms with van der Waals surface area (Å²) in [4.78, 5) is 20.2. The molecule has 6 rings (SSSR count). The van der Waals surface area contributed by atoms with Crippen LogP contribution in [0.1, 0.15) is 85.0 Å². The van der Waals surface area contributed by atoms with E-state index in [0.29, 0.717) is 23.7 Å². The predicted molar refractivity (Wildman–Crippen MR) is 149 cm³/mol. The minimum atomic E-state index is -4.17. The van der Waals surface area contributed by atoms with Crippen molar-refractivity contribution in [1.82, 2.24) is 14.7 Å². The van der Waals surface area contributed by atoms with E-state index < -0.39 is 16.1 Å². The van der Waals surface area contributed by atoms with Crippen molar-refractivity contribution in [2.45, 2.75) is 108 Å². The van der Waals surface area contributed by atoms with E-state index in [-0.39, 0.29) is 58.5 Å². The largest absolute Gasteiger partial charge is 0.460 e. The van der Waals surface area contributed by atoms with Crippen molar-refractivity contribution in [1.29, 1.82) is 0 Å². The van der Waals surface area contributed by atoms with Crippen LogP contribution in [0.4, 0.5) is 4.79 Å². The maximum absolute atomic E-state index is 12.7. The summed E-state index contributed by atoms with van der Waals surface area (Å²) < 4.78 is 38.2. The Hall–Kier alpha value is -1.98. The van der Waals surface area contributed by atoms with Gasteiger partial charge in [-0.2, -0.15) is 0 Å². The highest BCUT2D eigenvalue weighted by Crippen LogP contribution is 2.68. The zero-order valence-electron chi connectivity index (χ0n) is 24.4. The molecule has 3 N–H and O–H groups in total. The van der Waals surface area contributed by atoms with Gasteiger partial charge in [-0.05, 0) is 111 Å². The van der Waals surface area contributed by atoms with Crippen molar-refractivity contribution in [3.05, 3.63) is 12.4 Å².